The number of benzene rings is 1. The molecule has 1 heterocycles. The smallest absolute Gasteiger partial charge is 0.313 e. The van der Waals surface area contributed by atoms with Crippen LogP contribution in [0.4, 0.5) is 5.69 Å². The van der Waals surface area contributed by atoms with E-state index in [-0.39, 0.29) is 6.54 Å². The first-order valence-corrected chi connectivity index (χ1v) is 7.38. The molecule has 0 aromatic heterocycles. The van der Waals surface area contributed by atoms with Gasteiger partial charge in [-0.3, -0.25) is 9.59 Å². The quantitative estimate of drug-likeness (QED) is 0.776. The maximum absolute atomic E-state index is 12.0. The van der Waals surface area contributed by atoms with Crippen LogP contribution in [0.25, 0.3) is 0 Å². The molecule has 1 atom stereocenters. The fraction of sp³-hybridized carbons (Fsp3) is 0.429. The lowest BCUT2D eigenvalue weighted by molar-refractivity contribution is -0.145. The summed E-state index contributed by atoms with van der Waals surface area (Å²) < 4.78 is 0. The van der Waals surface area contributed by atoms with Gasteiger partial charge in [0.05, 0.1) is 6.10 Å². The van der Waals surface area contributed by atoms with Crippen molar-refractivity contribution in [1.29, 1.82) is 0 Å². The normalized spacial score (nSPS) is 18.5. The van der Waals surface area contributed by atoms with Crippen molar-refractivity contribution in [3.05, 3.63) is 27.7 Å². The van der Waals surface area contributed by atoms with Crippen molar-refractivity contribution in [3.8, 4) is 0 Å². The van der Waals surface area contributed by atoms with E-state index in [1.165, 1.54) is 4.90 Å². The second-order valence-corrected chi connectivity index (χ2v) is 5.88. The molecule has 5 nitrogen and oxygen atoms in total. The maximum atomic E-state index is 12.0. The van der Waals surface area contributed by atoms with E-state index in [4.69, 9.17) is 23.2 Å². The molecular formula is C14H16Cl2N2O3. The van der Waals surface area contributed by atoms with E-state index in [2.05, 4.69) is 5.32 Å². The van der Waals surface area contributed by atoms with Gasteiger partial charge in [0, 0.05) is 28.8 Å². The number of carbonyl (C=O) groups is 2. The van der Waals surface area contributed by atoms with Crippen LogP contribution in [-0.2, 0) is 9.59 Å². The van der Waals surface area contributed by atoms with Crippen molar-refractivity contribution in [2.24, 2.45) is 0 Å². The van der Waals surface area contributed by atoms with Gasteiger partial charge in [-0.2, -0.15) is 0 Å². The molecule has 1 saturated heterocycles. The first-order valence-electron chi connectivity index (χ1n) is 6.62. The maximum Gasteiger partial charge on any atom is 0.313 e. The lowest BCUT2D eigenvalue weighted by atomic mass is 10.1. The van der Waals surface area contributed by atoms with E-state index in [0.717, 1.165) is 0 Å². The molecule has 2 N–H and O–H groups in total. The number of nitrogens with one attached hydrogen (secondary N) is 1. The number of halogens is 2. The third-order valence-corrected chi connectivity index (χ3v) is 4.20. The van der Waals surface area contributed by atoms with Gasteiger partial charge >= 0.3 is 11.8 Å². The van der Waals surface area contributed by atoms with Crippen LogP contribution >= 0.6 is 23.2 Å². The molecule has 1 aliphatic rings. The van der Waals surface area contributed by atoms with E-state index < -0.39 is 17.9 Å². The first-order chi connectivity index (χ1) is 9.88. The summed E-state index contributed by atoms with van der Waals surface area (Å²) >= 11 is 12.0. The van der Waals surface area contributed by atoms with Crippen LogP contribution in [0.3, 0.4) is 0 Å². The Morgan fingerprint density at radius 1 is 1.33 bits per heavy atom. The van der Waals surface area contributed by atoms with Gasteiger partial charge < -0.3 is 15.3 Å². The van der Waals surface area contributed by atoms with Gasteiger partial charge in [-0.15, -0.1) is 0 Å². The van der Waals surface area contributed by atoms with Gasteiger partial charge in [0.1, 0.15) is 0 Å². The molecule has 0 aliphatic carbocycles. The highest BCUT2D eigenvalue weighted by Crippen LogP contribution is 2.28. The summed E-state index contributed by atoms with van der Waals surface area (Å²) in [7, 11) is 0. The molecule has 0 spiro atoms. The highest BCUT2D eigenvalue weighted by molar-refractivity contribution is 6.40. The Morgan fingerprint density at radius 3 is 2.52 bits per heavy atom. The molecule has 0 bridgehead atoms. The third-order valence-electron chi connectivity index (χ3n) is 3.42. The first kappa shape index (κ1) is 16.1. The molecule has 0 radical (unpaired) electrons. The zero-order valence-electron chi connectivity index (χ0n) is 11.5. The molecule has 2 amide bonds. The largest absolute Gasteiger partial charge is 0.391 e. The summed E-state index contributed by atoms with van der Waals surface area (Å²) in [6, 6.07) is 3.08. The average Bonchev–Trinajstić information content (AvgIpc) is 2.43. The third kappa shape index (κ3) is 3.87. The highest BCUT2D eigenvalue weighted by atomic mass is 35.5. The van der Waals surface area contributed by atoms with Crippen LogP contribution < -0.4 is 5.32 Å². The Morgan fingerprint density at radius 2 is 1.95 bits per heavy atom. The molecule has 21 heavy (non-hydrogen) atoms. The number of β-amino-alcohol motifs (C(OH)–C–C–N with tert-alkyl or cyclic N) is 1. The van der Waals surface area contributed by atoms with E-state index in [0.29, 0.717) is 40.7 Å². The molecule has 2 rings (SSSR count). The Hall–Kier alpha value is -1.30. The molecule has 1 fully saturated rings. The van der Waals surface area contributed by atoms with E-state index in [1.54, 1.807) is 19.1 Å². The van der Waals surface area contributed by atoms with Crippen molar-refractivity contribution in [3.63, 3.8) is 0 Å². The molecule has 1 aromatic rings. The van der Waals surface area contributed by atoms with Crippen LogP contribution in [0.1, 0.15) is 18.4 Å². The number of carbonyl (C=O) groups excluding carboxylic acids is 2. The Kier molecular flexibility index (Phi) is 5.08. The number of aliphatic hydroxyl groups is 1. The SMILES string of the molecule is Cc1c(Cl)cc(NC(=O)C(=O)N2CCCC(O)C2)cc1Cl. The van der Waals surface area contributed by atoms with Crippen LogP contribution in [0.2, 0.25) is 10.0 Å². The fourth-order valence-electron chi connectivity index (χ4n) is 2.18. The summed E-state index contributed by atoms with van der Waals surface area (Å²) in [5.74, 6) is -1.43. The summed E-state index contributed by atoms with van der Waals surface area (Å²) in [5.41, 5.74) is 1.08. The van der Waals surface area contributed by atoms with Gasteiger partial charge in [-0.25, -0.2) is 0 Å². The Bertz CT molecular complexity index is 554. The zero-order valence-corrected chi connectivity index (χ0v) is 13.0. The number of nitrogens with zero attached hydrogens (tertiary/aromatic N) is 1. The van der Waals surface area contributed by atoms with E-state index in [9.17, 15) is 14.7 Å². The monoisotopic (exact) mass is 330 g/mol. The number of aliphatic hydroxyl groups excluding tert-OH is 1. The van der Waals surface area contributed by atoms with Gasteiger partial charge in [0.25, 0.3) is 0 Å². The van der Waals surface area contributed by atoms with Gasteiger partial charge in [0.15, 0.2) is 0 Å². The summed E-state index contributed by atoms with van der Waals surface area (Å²) in [5, 5.41) is 12.9. The molecular weight excluding hydrogens is 315 g/mol. The number of hydrogen-bond donors (Lipinski definition) is 2. The van der Waals surface area contributed by atoms with Crippen LogP contribution in [0.5, 0.6) is 0 Å². The molecule has 1 aliphatic heterocycles. The minimum absolute atomic E-state index is 0.182. The van der Waals surface area contributed by atoms with E-state index in [1.807, 2.05) is 0 Å². The molecule has 114 valence electrons. The number of amides is 2. The highest BCUT2D eigenvalue weighted by Gasteiger charge is 2.27. The Labute approximate surface area is 132 Å². The Balaban J connectivity index is 2.05. The van der Waals surface area contributed by atoms with Crippen LogP contribution in [0, 0.1) is 6.92 Å². The minimum atomic E-state index is -0.764. The van der Waals surface area contributed by atoms with Crippen molar-refractivity contribution in [2.75, 3.05) is 18.4 Å². The fourth-order valence-corrected chi connectivity index (χ4v) is 2.67. The average molecular weight is 331 g/mol. The summed E-state index contributed by atoms with van der Waals surface area (Å²) in [6.07, 6.45) is 0.760. The molecule has 1 aromatic carbocycles. The van der Waals surface area contributed by atoms with Gasteiger partial charge in [0.2, 0.25) is 0 Å². The van der Waals surface area contributed by atoms with E-state index >= 15 is 0 Å². The zero-order chi connectivity index (χ0) is 15.6. The number of hydrogen-bond acceptors (Lipinski definition) is 3. The van der Waals surface area contributed by atoms with Crippen molar-refractivity contribution in [1.82, 2.24) is 4.90 Å². The van der Waals surface area contributed by atoms with Gasteiger partial charge in [-0.05, 0) is 37.5 Å². The predicted octanol–water partition coefficient (Wildman–Crippen LogP) is 2.22. The topological polar surface area (TPSA) is 69.6 Å². The van der Waals surface area contributed by atoms with Crippen molar-refractivity contribution in [2.45, 2.75) is 25.9 Å². The number of piperidine rings is 1. The number of likely N-dealkylation sites (tertiary alicyclic amines) is 1. The molecule has 0 saturated carbocycles. The predicted molar refractivity (Wildman–Crippen MR) is 81.6 cm³/mol. The second kappa shape index (κ2) is 6.64. The lowest BCUT2D eigenvalue weighted by Gasteiger charge is -2.29. The van der Waals surface area contributed by atoms with Crippen LogP contribution in [-0.4, -0.2) is 41.0 Å². The molecule has 1 unspecified atom stereocenters. The van der Waals surface area contributed by atoms with Gasteiger partial charge in [-0.1, -0.05) is 23.2 Å². The lowest BCUT2D eigenvalue weighted by Crippen LogP contribution is -2.46. The molecule has 7 heteroatoms. The summed E-state index contributed by atoms with van der Waals surface area (Å²) in [6.45, 7) is 2.41. The summed E-state index contributed by atoms with van der Waals surface area (Å²) in [4.78, 5) is 25.3. The number of rotatable bonds is 1. The minimum Gasteiger partial charge on any atom is -0.391 e. The van der Waals surface area contributed by atoms with Crippen molar-refractivity contribution < 1.29 is 14.7 Å². The standard InChI is InChI=1S/C14H16Cl2N2O3/c1-8-11(15)5-9(6-12(8)16)17-13(20)14(21)18-4-2-3-10(19)7-18/h5-6,10,19H,2-4,7H2,1H3,(H,17,20). The number of anilines is 1. The second-order valence-electron chi connectivity index (χ2n) is 5.07. The van der Waals surface area contributed by atoms with Crippen molar-refractivity contribution >= 4 is 40.7 Å². The van der Waals surface area contributed by atoms with Crippen LogP contribution in [0.15, 0.2) is 12.1 Å².